The maximum Gasteiger partial charge on any atom is 0.374 e. The second kappa shape index (κ2) is 5.24. The average Bonchev–Trinajstić information content (AvgIpc) is 2.89. The molecule has 1 aromatic heterocycles. The molecule has 0 radical (unpaired) electrons. The predicted octanol–water partition coefficient (Wildman–Crippen LogP) is 2.67. The van der Waals surface area contributed by atoms with E-state index in [0.717, 1.165) is 11.1 Å². The van der Waals surface area contributed by atoms with Gasteiger partial charge in [-0.05, 0) is 25.5 Å². The molecule has 0 unspecified atom stereocenters. The van der Waals surface area contributed by atoms with Crippen LogP contribution in [0.1, 0.15) is 21.7 Å². The fraction of sp³-hybridized carbons (Fsp3) is 0.286. The number of ether oxygens (including phenoxy) is 2. The van der Waals surface area contributed by atoms with E-state index in [1.165, 1.54) is 6.07 Å². The zero-order chi connectivity index (χ0) is 14.9. The van der Waals surface area contributed by atoms with Gasteiger partial charge in [-0.25, -0.2) is 4.79 Å². The molecule has 2 aromatic rings. The first-order chi connectivity index (χ1) is 9.49. The van der Waals surface area contributed by atoms with E-state index in [4.69, 9.17) is 19.1 Å². The van der Waals surface area contributed by atoms with Crippen molar-refractivity contribution in [3.63, 3.8) is 0 Å². The number of aromatic carboxylic acids is 1. The molecule has 2 rings (SSSR count). The van der Waals surface area contributed by atoms with Crippen LogP contribution in [-0.2, 0) is 0 Å². The summed E-state index contributed by atoms with van der Waals surface area (Å²) in [6, 6.07) is 3.22. The number of methoxy groups -OCH3 is 2. The number of carbonyl (C=O) groups is 1. The van der Waals surface area contributed by atoms with Crippen LogP contribution in [0.3, 0.4) is 0 Å². The topological polar surface area (TPSA) is 81.8 Å². The van der Waals surface area contributed by atoms with Gasteiger partial charge in [0.2, 0.25) is 5.76 Å². The van der Waals surface area contributed by atoms with Gasteiger partial charge in [-0.1, -0.05) is 5.16 Å². The van der Waals surface area contributed by atoms with E-state index in [1.54, 1.807) is 14.2 Å². The number of carboxylic acid groups (broad SMARTS) is 1. The lowest BCUT2D eigenvalue weighted by molar-refractivity contribution is 0.0652. The van der Waals surface area contributed by atoms with Crippen molar-refractivity contribution < 1.29 is 23.9 Å². The fourth-order valence-corrected chi connectivity index (χ4v) is 2.13. The SMILES string of the molecule is COc1cc(C)c(-c2cc(C(=O)O)on2)c(OC)c1C. The van der Waals surface area contributed by atoms with Crippen molar-refractivity contribution in [2.75, 3.05) is 14.2 Å². The number of hydrogen-bond donors (Lipinski definition) is 1. The first-order valence-electron chi connectivity index (χ1n) is 5.92. The van der Waals surface area contributed by atoms with Gasteiger partial charge in [-0.15, -0.1) is 0 Å². The van der Waals surface area contributed by atoms with Gasteiger partial charge in [0, 0.05) is 17.2 Å². The molecule has 0 aliphatic carbocycles. The zero-order valence-corrected chi connectivity index (χ0v) is 11.7. The van der Waals surface area contributed by atoms with Gasteiger partial charge < -0.3 is 19.1 Å². The minimum atomic E-state index is -1.16. The van der Waals surface area contributed by atoms with Gasteiger partial charge in [-0.2, -0.15) is 0 Å². The number of aromatic nitrogens is 1. The van der Waals surface area contributed by atoms with Crippen molar-refractivity contribution in [2.24, 2.45) is 0 Å². The quantitative estimate of drug-likeness (QED) is 0.925. The van der Waals surface area contributed by atoms with Gasteiger partial charge in [0.05, 0.1) is 14.2 Å². The van der Waals surface area contributed by atoms with Crippen LogP contribution >= 0.6 is 0 Å². The molecule has 0 saturated heterocycles. The summed E-state index contributed by atoms with van der Waals surface area (Å²) < 4.78 is 15.5. The average molecular weight is 277 g/mol. The summed E-state index contributed by atoms with van der Waals surface area (Å²) in [5.41, 5.74) is 2.79. The van der Waals surface area contributed by atoms with E-state index in [9.17, 15) is 4.79 Å². The van der Waals surface area contributed by atoms with Crippen LogP contribution in [0.5, 0.6) is 11.5 Å². The van der Waals surface area contributed by atoms with Crippen LogP contribution in [-0.4, -0.2) is 30.5 Å². The fourth-order valence-electron chi connectivity index (χ4n) is 2.13. The van der Waals surface area contributed by atoms with E-state index in [2.05, 4.69) is 5.16 Å². The summed E-state index contributed by atoms with van der Waals surface area (Å²) in [4.78, 5) is 10.9. The number of rotatable bonds is 4. The van der Waals surface area contributed by atoms with E-state index in [-0.39, 0.29) is 5.76 Å². The molecule has 0 saturated carbocycles. The minimum absolute atomic E-state index is 0.213. The Morgan fingerprint density at radius 1 is 1.25 bits per heavy atom. The van der Waals surface area contributed by atoms with Crippen molar-refractivity contribution in [1.82, 2.24) is 5.16 Å². The Morgan fingerprint density at radius 3 is 2.45 bits per heavy atom. The molecule has 1 heterocycles. The Balaban J connectivity index is 2.66. The predicted molar refractivity (Wildman–Crippen MR) is 71.5 cm³/mol. The van der Waals surface area contributed by atoms with Crippen LogP contribution in [0, 0.1) is 13.8 Å². The third kappa shape index (κ3) is 2.20. The molecule has 0 fully saturated rings. The molecule has 20 heavy (non-hydrogen) atoms. The summed E-state index contributed by atoms with van der Waals surface area (Å²) in [5, 5.41) is 12.7. The number of benzene rings is 1. The van der Waals surface area contributed by atoms with Crippen LogP contribution in [0.15, 0.2) is 16.7 Å². The second-order valence-corrected chi connectivity index (χ2v) is 4.31. The Bertz CT molecular complexity index is 660. The molecule has 6 nitrogen and oxygen atoms in total. The van der Waals surface area contributed by atoms with Crippen LogP contribution < -0.4 is 9.47 Å². The summed E-state index contributed by atoms with van der Waals surface area (Å²) in [6.45, 7) is 3.73. The largest absolute Gasteiger partial charge is 0.496 e. The highest BCUT2D eigenvalue weighted by atomic mass is 16.5. The first kappa shape index (κ1) is 13.9. The molecule has 1 N–H and O–H groups in total. The summed E-state index contributed by atoms with van der Waals surface area (Å²) >= 11 is 0. The van der Waals surface area contributed by atoms with Crippen molar-refractivity contribution in [3.05, 3.63) is 29.0 Å². The first-order valence-corrected chi connectivity index (χ1v) is 5.92. The van der Waals surface area contributed by atoms with E-state index >= 15 is 0 Å². The van der Waals surface area contributed by atoms with Crippen molar-refractivity contribution in [2.45, 2.75) is 13.8 Å². The lowest BCUT2D eigenvalue weighted by Gasteiger charge is -2.15. The van der Waals surface area contributed by atoms with E-state index < -0.39 is 5.97 Å². The highest BCUT2D eigenvalue weighted by Crippen LogP contribution is 2.40. The van der Waals surface area contributed by atoms with Crippen molar-refractivity contribution in [1.29, 1.82) is 0 Å². The smallest absolute Gasteiger partial charge is 0.374 e. The molecule has 0 aliphatic rings. The molecule has 0 spiro atoms. The highest BCUT2D eigenvalue weighted by molar-refractivity contribution is 5.86. The van der Waals surface area contributed by atoms with Gasteiger partial charge in [0.1, 0.15) is 17.2 Å². The summed E-state index contributed by atoms with van der Waals surface area (Å²) in [6.07, 6.45) is 0. The third-order valence-corrected chi connectivity index (χ3v) is 3.08. The number of hydrogen-bond acceptors (Lipinski definition) is 5. The molecule has 1 aromatic carbocycles. The molecule has 0 aliphatic heterocycles. The minimum Gasteiger partial charge on any atom is -0.496 e. The normalized spacial score (nSPS) is 10.4. The monoisotopic (exact) mass is 277 g/mol. The number of carboxylic acids is 1. The Kier molecular flexibility index (Phi) is 3.65. The number of nitrogens with zero attached hydrogens (tertiary/aromatic N) is 1. The highest BCUT2D eigenvalue weighted by Gasteiger charge is 2.21. The summed E-state index contributed by atoms with van der Waals surface area (Å²) in [5.74, 6) is -0.0855. The Labute approximate surface area is 115 Å². The molecule has 6 heteroatoms. The number of aryl methyl sites for hydroxylation is 1. The van der Waals surface area contributed by atoms with Gasteiger partial charge in [0.25, 0.3) is 0 Å². The lowest BCUT2D eigenvalue weighted by atomic mass is 10.00. The second-order valence-electron chi connectivity index (χ2n) is 4.31. The van der Waals surface area contributed by atoms with Crippen molar-refractivity contribution >= 4 is 5.97 Å². The molecule has 0 bridgehead atoms. The van der Waals surface area contributed by atoms with Crippen LogP contribution in [0.4, 0.5) is 0 Å². The zero-order valence-electron chi connectivity index (χ0n) is 11.7. The van der Waals surface area contributed by atoms with Gasteiger partial charge >= 0.3 is 5.97 Å². The Hall–Kier alpha value is -2.50. The maximum atomic E-state index is 10.9. The summed E-state index contributed by atoms with van der Waals surface area (Å²) in [7, 11) is 3.13. The van der Waals surface area contributed by atoms with Crippen molar-refractivity contribution in [3.8, 4) is 22.8 Å². The van der Waals surface area contributed by atoms with Crippen LogP contribution in [0.2, 0.25) is 0 Å². The molecular formula is C14H15NO5. The van der Waals surface area contributed by atoms with Gasteiger partial charge in [-0.3, -0.25) is 0 Å². The van der Waals surface area contributed by atoms with E-state index in [1.807, 2.05) is 19.9 Å². The Morgan fingerprint density at radius 2 is 1.95 bits per heavy atom. The molecular weight excluding hydrogens is 262 g/mol. The van der Waals surface area contributed by atoms with Gasteiger partial charge in [0.15, 0.2) is 0 Å². The standard InChI is InChI=1S/C14H15NO5/c1-7-5-10(18-3)8(2)13(19-4)12(7)9-6-11(14(16)17)20-15-9/h5-6H,1-4H3,(H,16,17). The molecule has 0 atom stereocenters. The molecule has 106 valence electrons. The lowest BCUT2D eigenvalue weighted by Crippen LogP contribution is -1.98. The maximum absolute atomic E-state index is 10.9. The van der Waals surface area contributed by atoms with E-state index in [0.29, 0.717) is 22.8 Å². The van der Waals surface area contributed by atoms with Crippen LogP contribution in [0.25, 0.3) is 11.3 Å². The third-order valence-electron chi connectivity index (χ3n) is 3.08. The molecule has 0 amide bonds.